The number of aromatic nitrogens is 1. The fourth-order valence-electron chi connectivity index (χ4n) is 3.42. The van der Waals surface area contributed by atoms with Crippen molar-refractivity contribution in [1.82, 2.24) is 9.88 Å². The summed E-state index contributed by atoms with van der Waals surface area (Å²) in [6.07, 6.45) is 3.61. The normalized spacial score (nSPS) is 17.5. The number of likely N-dealkylation sites (tertiary alicyclic amines) is 1. The molecule has 0 aliphatic carbocycles. The highest BCUT2D eigenvalue weighted by atomic mass is 16.6. The number of carbonyl (C=O) groups is 1. The molecular weight excluding hydrogens is 340 g/mol. The standard InChI is InChI=1S/C22H28N2O3/c1-22(2,3)27-21(25)24-12-8-11-17(15-24)18-13-19(20(26-4)23-14-18)16-9-6-5-7-10-16/h5-7,9-10,13-14,17H,8,11-12,15H2,1-4H3/t17-/m1/s1. The van der Waals surface area contributed by atoms with Gasteiger partial charge >= 0.3 is 6.09 Å². The summed E-state index contributed by atoms with van der Waals surface area (Å²) in [5, 5.41) is 0. The van der Waals surface area contributed by atoms with Crippen molar-refractivity contribution in [3.8, 4) is 17.0 Å². The Hall–Kier alpha value is -2.56. The summed E-state index contributed by atoms with van der Waals surface area (Å²) >= 11 is 0. The van der Waals surface area contributed by atoms with Crippen LogP contribution in [0.5, 0.6) is 5.88 Å². The molecule has 1 aromatic heterocycles. The lowest BCUT2D eigenvalue weighted by atomic mass is 9.90. The molecule has 2 aromatic rings. The zero-order valence-corrected chi connectivity index (χ0v) is 16.6. The lowest BCUT2D eigenvalue weighted by Gasteiger charge is -2.34. The first-order chi connectivity index (χ1) is 12.9. The smallest absolute Gasteiger partial charge is 0.410 e. The second-order valence-corrected chi connectivity index (χ2v) is 7.96. The highest BCUT2D eigenvalue weighted by Crippen LogP contribution is 2.34. The zero-order valence-electron chi connectivity index (χ0n) is 16.6. The van der Waals surface area contributed by atoms with Gasteiger partial charge in [0, 0.05) is 30.8 Å². The highest BCUT2D eigenvalue weighted by molar-refractivity contribution is 5.70. The lowest BCUT2D eigenvalue weighted by molar-refractivity contribution is 0.0198. The zero-order chi connectivity index (χ0) is 19.4. The first-order valence-corrected chi connectivity index (χ1v) is 9.44. The number of piperidine rings is 1. The van der Waals surface area contributed by atoms with Gasteiger partial charge in [-0.05, 0) is 50.8 Å². The topological polar surface area (TPSA) is 51.7 Å². The van der Waals surface area contributed by atoms with Crippen LogP contribution in [-0.4, -0.2) is 41.8 Å². The Morgan fingerprint density at radius 1 is 1.22 bits per heavy atom. The van der Waals surface area contributed by atoms with Crippen molar-refractivity contribution in [2.75, 3.05) is 20.2 Å². The molecule has 0 unspecified atom stereocenters. The van der Waals surface area contributed by atoms with Gasteiger partial charge in [0.05, 0.1) is 7.11 Å². The van der Waals surface area contributed by atoms with Gasteiger partial charge in [0.2, 0.25) is 5.88 Å². The van der Waals surface area contributed by atoms with Gasteiger partial charge in [0.15, 0.2) is 0 Å². The summed E-state index contributed by atoms with van der Waals surface area (Å²) in [5.41, 5.74) is 2.70. The number of carbonyl (C=O) groups excluding carboxylic acids is 1. The monoisotopic (exact) mass is 368 g/mol. The summed E-state index contributed by atoms with van der Waals surface area (Å²) in [6, 6.07) is 12.3. The number of ether oxygens (including phenoxy) is 2. The van der Waals surface area contributed by atoms with E-state index < -0.39 is 5.60 Å². The van der Waals surface area contributed by atoms with Crippen molar-refractivity contribution in [3.05, 3.63) is 48.2 Å². The number of hydrogen-bond acceptors (Lipinski definition) is 4. The summed E-state index contributed by atoms with van der Waals surface area (Å²) in [6.45, 7) is 7.07. The second kappa shape index (κ2) is 7.99. The van der Waals surface area contributed by atoms with Crippen LogP contribution in [0, 0.1) is 0 Å². The van der Waals surface area contributed by atoms with Crippen LogP contribution in [-0.2, 0) is 4.74 Å². The first kappa shape index (κ1) is 19.2. The van der Waals surface area contributed by atoms with E-state index in [1.807, 2.05) is 50.1 Å². The fraction of sp³-hybridized carbons (Fsp3) is 0.455. The molecule has 5 nitrogen and oxygen atoms in total. The molecule has 0 radical (unpaired) electrons. The van der Waals surface area contributed by atoms with Crippen LogP contribution in [0.15, 0.2) is 42.6 Å². The van der Waals surface area contributed by atoms with E-state index in [0.717, 1.165) is 36.1 Å². The van der Waals surface area contributed by atoms with E-state index in [2.05, 4.69) is 23.2 Å². The predicted octanol–water partition coefficient (Wildman–Crippen LogP) is 4.87. The van der Waals surface area contributed by atoms with E-state index in [0.29, 0.717) is 12.4 Å². The summed E-state index contributed by atoms with van der Waals surface area (Å²) in [7, 11) is 1.64. The van der Waals surface area contributed by atoms with Crippen molar-refractivity contribution in [3.63, 3.8) is 0 Å². The molecule has 2 heterocycles. The maximum absolute atomic E-state index is 12.4. The van der Waals surface area contributed by atoms with Crippen LogP contribution < -0.4 is 4.74 Å². The van der Waals surface area contributed by atoms with Crippen LogP contribution in [0.1, 0.15) is 45.1 Å². The van der Waals surface area contributed by atoms with Gasteiger partial charge in [-0.15, -0.1) is 0 Å². The minimum atomic E-state index is -0.480. The number of pyridine rings is 1. The maximum Gasteiger partial charge on any atom is 0.410 e. The van der Waals surface area contributed by atoms with Gasteiger partial charge in [-0.25, -0.2) is 9.78 Å². The molecule has 1 aromatic carbocycles. The van der Waals surface area contributed by atoms with Crippen molar-refractivity contribution in [2.45, 2.75) is 45.1 Å². The molecule has 0 saturated carbocycles. The Bertz CT molecular complexity index is 784. The minimum absolute atomic E-state index is 0.239. The summed E-state index contributed by atoms with van der Waals surface area (Å²) in [5.74, 6) is 0.858. The molecule has 27 heavy (non-hydrogen) atoms. The van der Waals surface area contributed by atoms with E-state index in [-0.39, 0.29) is 12.0 Å². The van der Waals surface area contributed by atoms with E-state index >= 15 is 0 Å². The van der Waals surface area contributed by atoms with Gasteiger partial charge in [-0.1, -0.05) is 30.3 Å². The molecule has 3 rings (SSSR count). The molecule has 1 amide bonds. The minimum Gasteiger partial charge on any atom is -0.481 e. The van der Waals surface area contributed by atoms with Crippen LogP contribution in [0.25, 0.3) is 11.1 Å². The Labute approximate surface area is 161 Å². The van der Waals surface area contributed by atoms with Crippen LogP contribution >= 0.6 is 0 Å². The SMILES string of the molecule is COc1ncc([C@@H]2CCCN(C(=O)OC(C)(C)C)C2)cc1-c1ccccc1. The summed E-state index contributed by atoms with van der Waals surface area (Å²) in [4.78, 5) is 18.8. The van der Waals surface area contributed by atoms with Crippen LogP contribution in [0.2, 0.25) is 0 Å². The van der Waals surface area contributed by atoms with Gasteiger partial charge < -0.3 is 14.4 Å². The van der Waals surface area contributed by atoms with Gasteiger partial charge in [-0.3, -0.25) is 0 Å². The second-order valence-electron chi connectivity index (χ2n) is 7.96. The number of methoxy groups -OCH3 is 1. The average Bonchev–Trinajstić information content (AvgIpc) is 2.67. The number of rotatable bonds is 3. The third-order valence-electron chi connectivity index (χ3n) is 4.69. The lowest BCUT2D eigenvalue weighted by Crippen LogP contribution is -2.42. The number of hydrogen-bond donors (Lipinski definition) is 0. The molecule has 0 spiro atoms. The molecule has 1 aliphatic rings. The van der Waals surface area contributed by atoms with E-state index in [9.17, 15) is 4.79 Å². The van der Waals surface area contributed by atoms with Crippen molar-refractivity contribution < 1.29 is 14.3 Å². The first-order valence-electron chi connectivity index (χ1n) is 9.44. The van der Waals surface area contributed by atoms with Crippen LogP contribution in [0.4, 0.5) is 4.79 Å². The van der Waals surface area contributed by atoms with Gasteiger partial charge in [0.1, 0.15) is 5.60 Å². The maximum atomic E-state index is 12.4. The van der Waals surface area contributed by atoms with Crippen LogP contribution in [0.3, 0.4) is 0 Å². The molecule has 0 bridgehead atoms. The third kappa shape index (κ3) is 4.79. The van der Waals surface area contributed by atoms with E-state index in [1.165, 1.54) is 0 Å². The third-order valence-corrected chi connectivity index (χ3v) is 4.69. The Morgan fingerprint density at radius 2 is 1.96 bits per heavy atom. The fourth-order valence-corrected chi connectivity index (χ4v) is 3.42. The molecule has 1 saturated heterocycles. The Kier molecular flexibility index (Phi) is 5.68. The van der Waals surface area contributed by atoms with Crippen molar-refractivity contribution in [2.24, 2.45) is 0 Å². The predicted molar refractivity (Wildman–Crippen MR) is 106 cm³/mol. The van der Waals surface area contributed by atoms with Crippen molar-refractivity contribution >= 4 is 6.09 Å². The number of nitrogens with zero attached hydrogens (tertiary/aromatic N) is 2. The Balaban J connectivity index is 1.82. The quantitative estimate of drug-likeness (QED) is 0.775. The number of benzene rings is 1. The molecule has 0 N–H and O–H groups in total. The van der Waals surface area contributed by atoms with Gasteiger partial charge in [0.25, 0.3) is 0 Å². The highest BCUT2D eigenvalue weighted by Gasteiger charge is 2.29. The average molecular weight is 368 g/mol. The number of amides is 1. The summed E-state index contributed by atoms with van der Waals surface area (Å²) < 4.78 is 11.0. The molecule has 1 aliphatic heterocycles. The molecule has 5 heteroatoms. The van der Waals surface area contributed by atoms with Gasteiger partial charge in [-0.2, -0.15) is 0 Å². The van der Waals surface area contributed by atoms with Crippen molar-refractivity contribution in [1.29, 1.82) is 0 Å². The molecule has 1 atom stereocenters. The Morgan fingerprint density at radius 3 is 2.63 bits per heavy atom. The van der Waals surface area contributed by atoms with E-state index in [4.69, 9.17) is 9.47 Å². The molecular formula is C22H28N2O3. The van der Waals surface area contributed by atoms with E-state index in [1.54, 1.807) is 7.11 Å². The molecule has 144 valence electrons. The largest absolute Gasteiger partial charge is 0.481 e. The molecule has 1 fully saturated rings.